The summed E-state index contributed by atoms with van der Waals surface area (Å²) in [5.74, 6) is 0.781. The molecule has 1 unspecified atom stereocenters. The first-order chi connectivity index (χ1) is 9.47. The fraction of sp³-hybridized carbons (Fsp3) is 0.462. The van der Waals surface area contributed by atoms with E-state index in [-0.39, 0.29) is 18.6 Å². The molecule has 108 valence electrons. The van der Waals surface area contributed by atoms with E-state index in [2.05, 4.69) is 15.3 Å². The van der Waals surface area contributed by atoms with E-state index < -0.39 is 0 Å². The number of thiophene rings is 1. The number of rotatable bonds is 4. The average Bonchev–Trinajstić information content (AvgIpc) is 2.73. The molecule has 4 N–H and O–H groups in total. The Morgan fingerprint density at radius 2 is 2.15 bits per heavy atom. The summed E-state index contributed by atoms with van der Waals surface area (Å²) in [7, 11) is 0. The van der Waals surface area contributed by atoms with Crippen LogP contribution in [0.3, 0.4) is 0 Å². The van der Waals surface area contributed by atoms with Crippen molar-refractivity contribution in [2.24, 2.45) is 0 Å². The number of carbonyl (C=O) groups is 1. The number of nitrogens with zero attached hydrogens (tertiary/aromatic N) is 2. The summed E-state index contributed by atoms with van der Waals surface area (Å²) in [6.07, 6.45) is 0.674. The zero-order valence-electron chi connectivity index (χ0n) is 11.7. The molecular weight excluding hydrogens is 276 g/mol. The molecule has 0 spiro atoms. The Morgan fingerprint density at radius 1 is 1.45 bits per heavy atom. The van der Waals surface area contributed by atoms with Gasteiger partial charge in [-0.25, -0.2) is 9.97 Å². The Hall–Kier alpha value is -1.73. The molecule has 2 rings (SSSR count). The maximum Gasteiger partial charge on any atom is 0.262 e. The number of fused-ring (bicyclic) bond motifs is 1. The summed E-state index contributed by atoms with van der Waals surface area (Å²) in [6.45, 7) is 5.44. The van der Waals surface area contributed by atoms with Gasteiger partial charge in [0.15, 0.2) is 0 Å². The van der Waals surface area contributed by atoms with Crippen LogP contribution in [0.5, 0.6) is 0 Å². The first-order valence-corrected chi connectivity index (χ1v) is 7.24. The molecule has 0 saturated carbocycles. The van der Waals surface area contributed by atoms with E-state index in [1.165, 1.54) is 11.3 Å². The van der Waals surface area contributed by atoms with Gasteiger partial charge in [0.05, 0.1) is 22.9 Å². The van der Waals surface area contributed by atoms with Gasteiger partial charge in [0, 0.05) is 0 Å². The van der Waals surface area contributed by atoms with Gasteiger partial charge in [0.25, 0.3) is 5.91 Å². The second-order valence-electron chi connectivity index (χ2n) is 4.65. The molecule has 0 radical (unpaired) electrons. The van der Waals surface area contributed by atoms with Gasteiger partial charge in [-0.1, -0.05) is 6.92 Å². The van der Waals surface area contributed by atoms with Crippen molar-refractivity contribution in [3.8, 4) is 0 Å². The summed E-state index contributed by atoms with van der Waals surface area (Å²) in [5, 5.41) is 12.7. The van der Waals surface area contributed by atoms with Gasteiger partial charge in [-0.15, -0.1) is 11.3 Å². The van der Waals surface area contributed by atoms with Crippen molar-refractivity contribution in [1.29, 1.82) is 0 Å². The van der Waals surface area contributed by atoms with Crippen LogP contribution >= 0.6 is 11.3 Å². The maximum atomic E-state index is 12.3. The van der Waals surface area contributed by atoms with Crippen molar-refractivity contribution in [2.75, 3.05) is 12.3 Å². The highest BCUT2D eigenvalue weighted by atomic mass is 32.1. The molecule has 20 heavy (non-hydrogen) atoms. The topological polar surface area (TPSA) is 101 Å². The Morgan fingerprint density at radius 3 is 2.75 bits per heavy atom. The molecule has 2 heterocycles. The average molecular weight is 294 g/mol. The number of amides is 1. The van der Waals surface area contributed by atoms with E-state index in [0.717, 1.165) is 15.8 Å². The molecule has 0 fully saturated rings. The van der Waals surface area contributed by atoms with Crippen molar-refractivity contribution < 1.29 is 9.90 Å². The van der Waals surface area contributed by atoms with Gasteiger partial charge in [-0.3, -0.25) is 4.79 Å². The third-order valence-corrected chi connectivity index (χ3v) is 4.37. The van der Waals surface area contributed by atoms with Crippen molar-refractivity contribution in [3.63, 3.8) is 0 Å². The second kappa shape index (κ2) is 5.72. The van der Waals surface area contributed by atoms with E-state index >= 15 is 0 Å². The number of carbonyl (C=O) groups excluding carboxylic acids is 1. The maximum absolute atomic E-state index is 12.3. The number of aromatic nitrogens is 2. The first-order valence-electron chi connectivity index (χ1n) is 6.42. The highest BCUT2D eigenvalue weighted by Crippen LogP contribution is 2.32. The van der Waals surface area contributed by atoms with Gasteiger partial charge in [-0.2, -0.15) is 0 Å². The van der Waals surface area contributed by atoms with Crippen LogP contribution in [0.2, 0.25) is 0 Å². The molecule has 0 aliphatic rings. The van der Waals surface area contributed by atoms with Gasteiger partial charge in [0.1, 0.15) is 16.5 Å². The van der Waals surface area contributed by atoms with Gasteiger partial charge in [0.2, 0.25) is 0 Å². The number of aryl methyl sites for hydroxylation is 2. The minimum atomic E-state index is -0.239. The summed E-state index contributed by atoms with van der Waals surface area (Å²) in [4.78, 5) is 22.0. The number of aliphatic hydroxyl groups excluding tert-OH is 1. The summed E-state index contributed by atoms with van der Waals surface area (Å²) in [6, 6.07) is -0.239. The van der Waals surface area contributed by atoms with Crippen LogP contribution in [0.1, 0.15) is 34.4 Å². The molecule has 0 aromatic carbocycles. The monoisotopic (exact) mass is 294 g/mol. The predicted octanol–water partition coefficient (Wildman–Crippen LogP) is 1.39. The molecule has 7 heteroatoms. The Balaban J connectivity index is 2.43. The Bertz CT molecular complexity index is 649. The summed E-state index contributed by atoms with van der Waals surface area (Å²) >= 11 is 1.30. The zero-order valence-corrected chi connectivity index (χ0v) is 12.5. The number of hydrogen-bond donors (Lipinski definition) is 3. The molecule has 0 aliphatic carbocycles. The highest BCUT2D eigenvalue weighted by Gasteiger charge is 2.20. The summed E-state index contributed by atoms with van der Waals surface area (Å²) in [5.41, 5.74) is 6.69. The zero-order chi connectivity index (χ0) is 14.9. The van der Waals surface area contributed by atoms with Crippen LogP contribution in [0.25, 0.3) is 10.2 Å². The van der Waals surface area contributed by atoms with Crippen molar-refractivity contribution in [2.45, 2.75) is 33.2 Å². The number of anilines is 1. The van der Waals surface area contributed by atoms with E-state index in [9.17, 15) is 4.79 Å². The molecule has 0 saturated heterocycles. The predicted molar refractivity (Wildman–Crippen MR) is 79.9 cm³/mol. The normalized spacial score (nSPS) is 12.6. The Labute approximate surface area is 121 Å². The fourth-order valence-electron chi connectivity index (χ4n) is 2.03. The van der Waals surface area contributed by atoms with Gasteiger partial charge in [-0.05, 0) is 25.8 Å². The standard InChI is InChI=1S/C13H18N4O2S/c1-4-8(5-18)17-12(19)10-6(2)9-11(14)15-7(3)16-13(9)20-10/h8,18H,4-5H2,1-3H3,(H,17,19)(H2,14,15,16). The number of hydrogen-bond acceptors (Lipinski definition) is 6. The minimum Gasteiger partial charge on any atom is -0.394 e. The molecule has 6 nitrogen and oxygen atoms in total. The van der Waals surface area contributed by atoms with Crippen LogP contribution in [0.4, 0.5) is 5.82 Å². The quantitative estimate of drug-likeness (QED) is 0.791. The van der Waals surface area contributed by atoms with E-state index in [0.29, 0.717) is 22.9 Å². The number of nitrogen functional groups attached to an aromatic ring is 1. The molecule has 0 aliphatic heterocycles. The lowest BCUT2D eigenvalue weighted by molar-refractivity contribution is 0.0918. The fourth-order valence-corrected chi connectivity index (χ4v) is 3.16. The lowest BCUT2D eigenvalue weighted by Gasteiger charge is -2.13. The number of nitrogens with one attached hydrogen (secondary N) is 1. The van der Waals surface area contributed by atoms with E-state index in [4.69, 9.17) is 10.8 Å². The van der Waals surface area contributed by atoms with Crippen LogP contribution in [0, 0.1) is 13.8 Å². The highest BCUT2D eigenvalue weighted by molar-refractivity contribution is 7.20. The number of aliphatic hydroxyl groups is 1. The molecule has 1 atom stereocenters. The molecule has 1 amide bonds. The van der Waals surface area contributed by atoms with E-state index in [1.807, 2.05) is 13.8 Å². The Kier molecular flexibility index (Phi) is 4.20. The van der Waals surface area contributed by atoms with Crippen molar-refractivity contribution in [1.82, 2.24) is 15.3 Å². The number of nitrogens with two attached hydrogens (primary N) is 1. The summed E-state index contributed by atoms with van der Waals surface area (Å²) < 4.78 is 0. The molecule has 0 bridgehead atoms. The molecule has 2 aromatic rings. The SMILES string of the molecule is CCC(CO)NC(=O)c1sc2nc(C)nc(N)c2c1C. The third kappa shape index (κ3) is 2.59. The smallest absolute Gasteiger partial charge is 0.262 e. The lowest BCUT2D eigenvalue weighted by Crippen LogP contribution is -2.36. The van der Waals surface area contributed by atoms with Crippen LogP contribution in [-0.4, -0.2) is 33.6 Å². The molecular formula is C13H18N4O2S. The van der Waals surface area contributed by atoms with Crippen LogP contribution in [-0.2, 0) is 0 Å². The van der Waals surface area contributed by atoms with Crippen molar-refractivity contribution >= 4 is 33.3 Å². The second-order valence-corrected chi connectivity index (χ2v) is 5.65. The first kappa shape index (κ1) is 14.7. The molecule has 2 aromatic heterocycles. The minimum absolute atomic E-state index is 0.0762. The van der Waals surface area contributed by atoms with Crippen LogP contribution < -0.4 is 11.1 Å². The van der Waals surface area contributed by atoms with Gasteiger partial charge < -0.3 is 16.2 Å². The lowest BCUT2D eigenvalue weighted by atomic mass is 10.2. The van der Waals surface area contributed by atoms with Crippen LogP contribution in [0.15, 0.2) is 0 Å². The van der Waals surface area contributed by atoms with E-state index in [1.54, 1.807) is 6.92 Å². The largest absolute Gasteiger partial charge is 0.394 e. The van der Waals surface area contributed by atoms with Crippen molar-refractivity contribution in [3.05, 3.63) is 16.3 Å². The third-order valence-electron chi connectivity index (χ3n) is 3.18. The van der Waals surface area contributed by atoms with Gasteiger partial charge >= 0.3 is 0 Å².